The van der Waals surface area contributed by atoms with E-state index in [9.17, 15) is 35.8 Å². The number of fused-ring (bicyclic) bond motifs is 1. The van der Waals surface area contributed by atoms with Gasteiger partial charge in [0.05, 0.1) is 38.2 Å². The number of ether oxygens (including phenoxy) is 1. The van der Waals surface area contributed by atoms with E-state index in [1.165, 1.54) is 18.2 Å². The first kappa shape index (κ1) is 26.4. The molecule has 36 heavy (non-hydrogen) atoms. The van der Waals surface area contributed by atoms with Crippen LogP contribution in [0, 0.1) is 11.3 Å². The fourth-order valence-electron chi connectivity index (χ4n) is 4.15. The number of anilines is 1. The van der Waals surface area contributed by atoms with E-state index in [-0.39, 0.29) is 41.1 Å². The number of halogens is 7. The van der Waals surface area contributed by atoms with Gasteiger partial charge in [-0.25, -0.2) is 9.97 Å². The molecule has 15 heteroatoms. The number of nitrogens with zero attached hydrogens (tertiary/aromatic N) is 5. The Morgan fingerprint density at radius 1 is 1.17 bits per heavy atom. The highest BCUT2D eigenvalue weighted by atomic mass is 35.5. The molecule has 0 N–H and O–H groups in total. The van der Waals surface area contributed by atoms with E-state index < -0.39 is 41.6 Å². The Labute approximate surface area is 209 Å². The molecule has 2 unspecified atom stereocenters. The molecule has 2 aliphatic rings. The average molecular weight is 554 g/mol. The summed E-state index contributed by atoms with van der Waals surface area (Å²) in [6.45, 7) is -2.11. The third-order valence-electron chi connectivity index (χ3n) is 5.60. The second-order valence-corrected chi connectivity index (χ2v) is 10.4. The molecule has 194 valence electrons. The quantitative estimate of drug-likeness (QED) is 0.496. The highest BCUT2D eigenvalue weighted by Gasteiger charge is 2.38. The summed E-state index contributed by atoms with van der Waals surface area (Å²) in [6.07, 6.45) is -8.48. The van der Waals surface area contributed by atoms with Crippen molar-refractivity contribution < 1.29 is 35.3 Å². The number of aromatic nitrogens is 2. The Bertz CT molecular complexity index is 1220. The van der Waals surface area contributed by atoms with Crippen molar-refractivity contribution in [2.75, 3.05) is 31.1 Å². The largest absolute Gasteiger partial charge is 0.484 e. The lowest BCUT2D eigenvalue weighted by atomic mass is 10.2. The SMILES string of the molecule is N#Cc1nc2c(c(N3CCC(S(=O)c4ccc(OCC(F)(F)F)cc4Cl)C3)n1)CN(CC(F)(F)F)C2. The van der Waals surface area contributed by atoms with Gasteiger partial charge in [0, 0.05) is 31.7 Å². The highest BCUT2D eigenvalue weighted by Crippen LogP contribution is 2.35. The fraction of sp³-hybridized carbons (Fsp3) is 0.476. The molecule has 0 spiro atoms. The lowest BCUT2D eigenvalue weighted by Crippen LogP contribution is -2.30. The van der Waals surface area contributed by atoms with Crippen LogP contribution in [0.3, 0.4) is 0 Å². The number of benzene rings is 1. The summed E-state index contributed by atoms with van der Waals surface area (Å²) in [4.78, 5) is 11.4. The van der Waals surface area contributed by atoms with Crippen molar-refractivity contribution in [2.24, 2.45) is 0 Å². The molecule has 2 atom stereocenters. The minimum atomic E-state index is -4.52. The first-order valence-electron chi connectivity index (χ1n) is 10.6. The molecule has 0 bridgehead atoms. The van der Waals surface area contributed by atoms with Gasteiger partial charge in [0.2, 0.25) is 5.82 Å². The second-order valence-electron chi connectivity index (χ2n) is 8.32. The molecule has 7 nitrogen and oxygen atoms in total. The maximum absolute atomic E-state index is 13.2. The Morgan fingerprint density at radius 2 is 1.92 bits per heavy atom. The molecule has 0 radical (unpaired) electrons. The highest BCUT2D eigenvalue weighted by molar-refractivity contribution is 7.85. The van der Waals surface area contributed by atoms with Crippen LogP contribution < -0.4 is 9.64 Å². The van der Waals surface area contributed by atoms with Crippen molar-refractivity contribution in [3.8, 4) is 11.8 Å². The van der Waals surface area contributed by atoms with Crippen LogP contribution in [-0.2, 0) is 23.9 Å². The summed E-state index contributed by atoms with van der Waals surface area (Å²) < 4.78 is 93.6. The van der Waals surface area contributed by atoms with E-state index in [1.54, 1.807) is 4.90 Å². The molecule has 0 amide bonds. The van der Waals surface area contributed by atoms with Crippen molar-refractivity contribution >= 4 is 28.2 Å². The summed E-state index contributed by atoms with van der Waals surface area (Å²) in [5, 5.41) is 8.84. The Balaban J connectivity index is 1.49. The monoisotopic (exact) mass is 553 g/mol. The molecule has 1 aromatic carbocycles. The third kappa shape index (κ3) is 6.19. The van der Waals surface area contributed by atoms with Gasteiger partial charge in [0.25, 0.3) is 0 Å². The van der Waals surface area contributed by atoms with Crippen LogP contribution in [0.5, 0.6) is 5.75 Å². The second kappa shape index (κ2) is 10.0. The summed E-state index contributed by atoms with van der Waals surface area (Å²) >= 11 is 6.17. The Morgan fingerprint density at radius 3 is 2.56 bits per heavy atom. The van der Waals surface area contributed by atoms with Gasteiger partial charge in [-0.3, -0.25) is 9.11 Å². The van der Waals surface area contributed by atoms with Crippen molar-refractivity contribution in [3.05, 3.63) is 40.3 Å². The van der Waals surface area contributed by atoms with Gasteiger partial charge in [-0.05, 0) is 24.6 Å². The zero-order valence-electron chi connectivity index (χ0n) is 18.4. The number of rotatable bonds is 6. The number of alkyl halides is 6. The van der Waals surface area contributed by atoms with Gasteiger partial charge in [-0.1, -0.05) is 11.6 Å². The number of nitriles is 1. The van der Waals surface area contributed by atoms with Crippen LogP contribution >= 0.6 is 11.6 Å². The molecular weight excluding hydrogens is 536 g/mol. The zero-order valence-corrected chi connectivity index (χ0v) is 19.9. The van der Waals surface area contributed by atoms with E-state index in [2.05, 4.69) is 14.7 Å². The third-order valence-corrected chi connectivity index (χ3v) is 7.80. The fourth-order valence-corrected chi connectivity index (χ4v) is 6.00. The Kier molecular flexibility index (Phi) is 7.36. The molecule has 1 aromatic heterocycles. The lowest BCUT2D eigenvalue weighted by Gasteiger charge is -2.21. The summed E-state index contributed by atoms with van der Waals surface area (Å²) in [5.74, 6) is 0.0532. The lowest BCUT2D eigenvalue weighted by molar-refractivity contribution is -0.153. The minimum Gasteiger partial charge on any atom is -0.484 e. The number of hydrogen-bond donors (Lipinski definition) is 0. The van der Waals surface area contributed by atoms with Crippen molar-refractivity contribution in [1.29, 1.82) is 5.26 Å². The van der Waals surface area contributed by atoms with Gasteiger partial charge in [-0.2, -0.15) is 31.6 Å². The van der Waals surface area contributed by atoms with Crippen LogP contribution in [0.15, 0.2) is 23.1 Å². The van der Waals surface area contributed by atoms with E-state index >= 15 is 0 Å². The van der Waals surface area contributed by atoms with Crippen LogP contribution in [0.1, 0.15) is 23.5 Å². The van der Waals surface area contributed by atoms with Crippen LogP contribution in [-0.4, -0.2) is 62.9 Å². The van der Waals surface area contributed by atoms with Crippen LogP contribution in [0.2, 0.25) is 5.02 Å². The number of hydrogen-bond acceptors (Lipinski definition) is 7. The predicted octanol–water partition coefficient (Wildman–Crippen LogP) is 4.21. The van der Waals surface area contributed by atoms with Crippen molar-refractivity contribution in [2.45, 2.75) is 42.0 Å². The van der Waals surface area contributed by atoms with Crippen LogP contribution in [0.25, 0.3) is 0 Å². The van der Waals surface area contributed by atoms with E-state index in [4.69, 9.17) is 11.6 Å². The molecule has 0 aliphatic carbocycles. The first-order valence-corrected chi connectivity index (χ1v) is 12.2. The van der Waals surface area contributed by atoms with Gasteiger partial charge in [0.1, 0.15) is 17.6 Å². The summed E-state index contributed by atoms with van der Waals surface area (Å²) in [6, 6.07) is 5.59. The smallest absolute Gasteiger partial charge is 0.422 e. The van der Waals surface area contributed by atoms with E-state index in [1.807, 2.05) is 6.07 Å². The predicted molar refractivity (Wildman–Crippen MR) is 117 cm³/mol. The maximum atomic E-state index is 13.2. The topological polar surface area (TPSA) is 82.3 Å². The average Bonchev–Trinajstić information content (AvgIpc) is 3.41. The maximum Gasteiger partial charge on any atom is 0.422 e. The molecule has 2 aromatic rings. The van der Waals surface area contributed by atoms with Crippen molar-refractivity contribution in [1.82, 2.24) is 14.9 Å². The minimum absolute atomic E-state index is 0.0102. The zero-order chi connectivity index (χ0) is 26.3. The standard InChI is InChI=1S/C21H18ClF6N5O2S/c22-15-5-12(35-11-21(26,27)28)1-2-17(15)36(34)13-3-4-33(7-13)19-14-8-32(10-20(23,24)25)9-16(14)30-18(6-29)31-19/h1-2,5,13H,3-4,7-11H2. The van der Waals surface area contributed by atoms with E-state index in [0.717, 1.165) is 4.90 Å². The van der Waals surface area contributed by atoms with Gasteiger partial charge < -0.3 is 9.64 Å². The first-order chi connectivity index (χ1) is 16.8. The molecule has 4 rings (SSSR count). The molecular formula is C21H18ClF6N5O2S. The van der Waals surface area contributed by atoms with Gasteiger partial charge >= 0.3 is 12.4 Å². The molecule has 2 aliphatic heterocycles. The van der Waals surface area contributed by atoms with E-state index in [0.29, 0.717) is 30.0 Å². The van der Waals surface area contributed by atoms with Crippen LogP contribution in [0.4, 0.5) is 32.2 Å². The van der Waals surface area contributed by atoms with Gasteiger partial charge in [0.15, 0.2) is 6.61 Å². The summed E-state index contributed by atoms with van der Waals surface area (Å²) in [7, 11) is -1.64. The normalized spacial score (nSPS) is 19.3. The molecule has 1 saturated heterocycles. The van der Waals surface area contributed by atoms with Crippen molar-refractivity contribution in [3.63, 3.8) is 0 Å². The summed E-state index contributed by atoms with van der Waals surface area (Å²) in [5.41, 5.74) is 0.844. The molecule has 0 saturated carbocycles. The molecule has 3 heterocycles. The Hall–Kier alpha value is -2.63. The molecule has 1 fully saturated rings. The van der Waals surface area contributed by atoms with Gasteiger partial charge in [-0.15, -0.1) is 0 Å².